The van der Waals surface area contributed by atoms with E-state index < -0.39 is 49.5 Å². The summed E-state index contributed by atoms with van der Waals surface area (Å²) in [6, 6.07) is -0.712. The molecule has 1 amide bonds. The second kappa shape index (κ2) is 52.4. The fraction of sp³-hybridized carbons (Fsp3) is 0.952. The van der Waals surface area contributed by atoms with Gasteiger partial charge in [0.2, 0.25) is 5.91 Å². The summed E-state index contributed by atoms with van der Waals surface area (Å²) in [5.41, 5.74) is 0. The molecule has 0 spiro atoms. The van der Waals surface area contributed by atoms with Crippen LogP contribution in [0.3, 0.4) is 0 Å². The van der Waals surface area contributed by atoms with Crippen molar-refractivity contribution >= 4 is 5.91 Å². The topological polar surface area (TPSA) is 149 Å². The summed E-state index contributed by atoms with van der Waals surface area (Å²) in [4.78, 5) is 13.0. The average Bonchev–Trinajstić information content (AvgIpc) is 3.37. The lowest BCUT2D eigenvalue weighted by atomic mass is 9.99. The number of aliphatic hydroxyl groups excluding tert-OH is 5. The van der Waals surface area contributed by atoms with Crippen molar-refractivity contribution in [1.29, 1.82) is 0 Å². The van der Waals surface area contributed by atoms with Crippen LogP contribution in [0.15, 0.2) is 12.2 Å². The minimum Gasteiger partial charge on any atom is -0.394 e. The molecule has 0 aromatic heterocycles. The van der Waals surface area contributed by atoms with Gasteiger partial charge in [0.15, 0.2) is 6.29 Å². The van der Waals surface area contributed by atoms with Gasteiger partial charge in [-0.25, -0.2) is 0 Å². The Morgan fingerprint density at radius 3 is 1.14 bits per heavy atom. The fourth-order valence-corrected chi connectivity index (χ4v) is 10.4. The number of amides is 1. The quantitative estimate of drug-likeness (QED) is 0.0261. The van der Waals surface area contributed by atoms with Gasteiger partial charge >= 0.3 is 0 Å². The van der Waals surface area contributed by atoms with Crippen molar-refractivity contribution < 1.29 is 39.8 Å². The van der Waals surface area contributed by atoms with Gasteiger partial charge in [-0.15, -0.1) is 0 Å². The van der Waals surface area contributed by atoms with Gasteiger partial charge in [0, 0.05) is 6.42 Å². The molecular weight excluding hydrogens is 887 g/mol. The van der Waals surface area contributed by atoms with Crippen molar-refractivity contribution in [2.75, 3.05) is 13.2 Å². The highest BCUT2D eigenvalue weighted by Gasteiger charge is 2.44. The van der Waals surface area contributed by atoms with E-state index in [0.717, 1.165) is 38.5 Å². The third-order valence-electron chi connectivity index (χ3n) is 15.4. The largest absolute Gasteiger partial charge is 0.394 e. The number of aliphatic hydroxyl groups is 5. The molecule has 1 saturated heterocycles. The van der Waals surface area contributed by atoms with Crippen LogP contribution in [-0.4, -0.2) is 87.5 Å². The number of carbonyl (C=O) groups excluding carboxylic acids is 1. The summed E-state index contributed by atoms with van der Waals surface area (Å²) >= 11 is 0. The van der Waals surface area contributed by atoms with Crippen molar-refractivity contribution in [3.8, 4) is 0 Å². The van der Waals surface area contributed by atoms with Gasteiger partial charge in [-0.2, -0.15) is 0 Å². The third-order valence-corrected chi connectivity index (χ3v) is 15.4. The summed E-state index contributed by atoms with van der Waals surface area (Å²) in [7, 11) is 0. The third kappa shape index (κ3) is 41.8. The highest BCUT2D eigenvalue weighted by Crippen LogP contribution is 2.23. The molecule has 1 heterocycles. The van der Waals surface area contributed by atoms with Gasteiger partial charge in [0.25, 0.3) is 0 Å². The van der Waals surface area contributed by atoms with E-state index in [2.05, 4.69) is 31.3 Å². The molecular formula is C62H121NO8. The first-order chi connectivity index (χ1) is 34.8. The molecule has 422 valence electrons. The maximum absolute atomic E-state index is 13.0. The Kier molecular flexibility index (Phi) is 50.1. The second-order valence-electron chi connectivity index (χ2n) is 22.2. The van der Waals surface area contributed by atoms with E-state index >= 15 is 0 Å². The number of carbonyl (C=O) groups is 1. The molecule has 9 nitrogen and oxygen atoms in total. The minimum absolute atomic E-state index is 0.133. The molecule has 71 heavy (non-hydrogen) atoms. The normalized spacial score (nSPS) is 19.2. The first-order valence-corrected chi connectivity index (χ1v) is 31.4. The molecule has 7 atom stereocenters. The summed E-state index contributed by atoms with van der Waals surface area (Å²) in [6.45, 7) is 3.84. The molecule has 0 radical (unpaired) electrons. The Balaban J connectivity index is 1.96. The average molecular weight is 1010 g/mol. The van der Waals surface area contributed by atoms with Crippen LogP contribution in [0.25, 0.3) is 0 Å². The van der Waals surface area contributed by atoms with Crippen LogP contribution in [0.5, 0.6) is 0 Å². The molecule has 1 fully saturated rings. The van der Waals surface area contributed by atoms with Crippen molar-refractivity contribution in [2.24, 2.45) is 0 Å². The molecule has 1 rings (SSSR count). The fourth-order valence-electron chi connectivity index (χ4n) is 10.4. The standard InChI is InChI=1S/C62H121NO8/c1-3-5-7-9-11-13-14-15-16-17-18-19-20-21-22-23-24-25-26-27-28-29-30-31-32-33-34-35-36-37-38-39-40-41-42-44-46-48-50-52-58(66)63-55(56(65)51-49-47-45-43-12-10-8-6-4-2)54-70-62-61(69)60(68)59(67)57(53-64)71-62/h17-18,55-57,59-62,64-65,67-69H,3-16,19-54H2,1-2H3,(H,63,66)/b18-17-. The van der Waals surface area contributed by atoms with Crippen LogP contribution < -0.4 is 5.32 Å². The number of nitrogens with one attached hydrogen (secondary N) is 1. The van der Waals surface area contributed by atoms with Crippen LogP contribution >= 0.6 is 0 Å². The number of allylic oxidation sites excluding steroid dienone is 2. The maximum atomic E-state index is 13.0. The van der Waals surface area contributed by atoms with Crippen molar-refractivity contribution in [1.82, 2.24) is 5.32 Å². The van der Waals surface area contributed by atoms with Crippen LogP contribution in [0.1, 0.15) is 322 Å². The molecule has 0 bridgehead atoms. The number of hydrogen-bond donors (Lipinski definition) is 6. The smallest absolute Gasteiger partial charge is 0.220 e. The molecule has 1 aliphatic rings. The zero-order chi connectivity index (χ0) is 51.5. The van der Waals surface area contributed by atoms with E-state index in [-0.39, 0.29) is 12.5 Å². The lowest BCUT2D eigenvalue weighted by Crippen LogP contribution is -2.60. The summed E-state index contributed by atoms with van der Waals surface area (Å²) < 4.78 is 11.3. The number of unbranched alkanes of at least 4 members (excludes halogenated alkanes) is 43. The zero-order valence-corrected chi connectivity index (χ0v) is 47.0. The molecule has 1 aliphatic heterocycles. The number of rotatable bonds is 55. The van der Waals surface area contributed by atoms with Gasteiger partial charge in [0.05, 0.1) is 25.4 Å². The Morgan fingerprint density at radius 2 is 0.789 bits per heavy atom. The molecule has 7 unspecified atom stereocenters. The molecule has 0 saturated carbocycles. The molecule has 0 aromatic rings. The molecule has 0 aromatic carbocycles. The van der Waals surface area contributed by atoms with Gasteiger partial charge in [-0.05, 0) is 38.5 Å². The minimum atomic E-state index is -1.55. The number of ether oxygens (including phenoxy) is 2. The molecule has 0 aliphatic carbocycles. The van der Waals surface area contributed by atoms with Gasteiger partial charge in [0.1, 0.15) is 24.4 Å². The second-order valence-corrected chi connectivity index (χ2v) is 22.2. The van der Waals surface area contributed by atoms with E-state index in [4.69, 9.17) is 9.47 Å². The first kappa shape index (κ1) is 67.9. The van der Waals surface area contributed by atoms with Crippen molar-refractivity contribution in [3.05, 3.63) is 12.2 Å². The highest BCUT2D eigenvalue weighted by atomic mass is 16.7. The Morgan fingerprint density at radius 1 is 0.465 bits per heavy atom. The van der Waals surface area contributed by atoms with Crippen LogP contribution in [-0.2, 0) is 14.3 Å². The maximum Gasteiger partial charge on any atom is 0.220 e. The van der Waals surface area contributed by atoms with E-state index in [1.807, 2.05) is 0 Å². The van der Waals surface area contributed by atoms with Crippen molar-refractivity contribution in [3.63, 3.8) is 0 Å². The molecule has 9 heteroatoms. The summed E-state index contributed by atoms with van der Waals surface area (Å²) in [5.74, 6) is -0.140. The van der Waals surface area contributed by atoms with E-state index in [1.54, 1.807) is 0 Å². The van der Waals surface area contributed by atoms with E-state index in [9.17, 15) is 30.3 Å². The first-order valence-electron chi connectivity index (χ1n) is 31.4. The Hall–Kier alpha value is -1.07. The summed E-state index contributed by atoms with van der Waals surface area (Å²) in [6.07, 6.45) is 58.8. The van der Waals surface area contributed by atoms with Gasteiger partial charge in [-0.1, -0.05) is 289 Å². The van der Waals surface area contributed by atoms with E-state index in [1.165, 1.54) is 257 Å². The van der Waals surface area contributed by atoms with Gasteiger partial charge < -0.3 is 40.3 Å². The zero-order valence-electron chi connectivity index (χ0n) is 47.0. The SMILES string of the molecule is CCCCCCCCCC/C=C\CCCCCCCCCCCCCCCCCCCCCCCCCCCCCC(=O)NC(COC1OC(CO)C(O)C(O)C1O)C(O)CCCCCCCCCCC. The highest BCUT2D eigenvalue weighted by molar-refractivity contribution is 5.76. The van der Waals surface area contributed by atoms with Crippen molar-refractivity contribution in [2.45, 2.75) is 365 Å². The lowest BCUT2D eigenvalue weighted by Gasteiger charge is -2.40. The number of hydrogen-bond acceptors (Lipinski definition) is 8. The van der Waals surface area contributed by atoms with Gasteiger partial charge in [-0.3, -0.25) is 4.79 Å². The Labute approximate surface area is 439 Å². The van der Waals surface area contributed by atoms with E-state index in [0.29, 0.717) is 12.8 Å². The molecule has 6 N–H and O–H groups in total. The predicted molar refractivity (Wildman–Crippen MR) is 300 cm³/mol. The van der Waals surface area contributed by atoms with Crippen LogP contribution in [0.2, 0.25) is 0 Å². The predicted octanol–water partition coefficient (Wildman–Crippen LogP) is 16.0. The van der Waals surface area contributed by atoms with Crippen LogP contribution in [0.4, 0.5) is 0 Å². The lowest BCUT2D eigenvalue weighted by molar-refractivity contribution is -0.302. The van der Waals surface area contributed by atoms with Crippen LogP contribution in [0, 0.1) is 0 Å². The summed E-state index contributed by atoms with van der Waals surface area (Å²) in [5, 5.41) is 54.4. The Bertz CT molecular complexity index is 1120. The monoisotopic (exact) mass is 1010 g/mol.